The summed E-state index contributed by atoms with van der Waals surface area (Å²) >= 11 is 11.9. The molecule has 2 rings (SSSR count). The lowest BCUT2D eigenvalue weighted by Gasteiger charge is -2.17. The summed E-state index contributed by atoms with van der Waals surface area (Å²) in [6, 6.07) is 8.71. The third-order valence-corrected chi connectivity index (χ3v) is 3.62. The Morgan fingerprint density at radius 1 is 1.11 bits per heavy atom. The van der Waals surface area contributed by atoms with Gasteiger partial charge in [-0.15, -0.1) is 0 Å². The van der Waals surface area contributed by atoms with E-state index < -0.39 is 0 Å². The van der Waals surface area contributed by atoms with E-state index in [1.807, 2.05) is 26.0 Å². The molecule has 0 saturated carbocycles. The molecule has 1 aromatic heterocycles. The molecule has 100 valence electrons. The maximum absolute atomic E-state index is 12.1. The first-order chi connectivity index (χ1) is 8.91. The van der Waals surface area contributed by atoms with Gasteiger partial charge in [-0.1, -0.05) is 29.3 Å². The van der Waals surface area contributed by atoms with Crippen molar-refractivity contribution in [2.24, 2.45) is 0 Å². The van der Waals surface area contributed by atoms with Gasteiger partial charge in [0.1, 0.15) is 0 Å². The van der Waals surface area contributed by atoms with Gasteiger partial charge in [0.2, 0.25) is 0 Å². The van der Waals surface area contributed by atoms with Crippen LogP contribution in [-0.4, -0.2) is 4.57 Å². The molecule has 0 aliphatic carbocycles. The third-order valence-electron chi connectivity index (χ3n) is 2.88. The molecule has 0 amide bonds. The topological polar surface area (TPSA) is 48.0 Å². The summed E-state index contributed by atoms with van der Waals surface area (Å²) < 4.78 is 1.65. The minimum atomic E-state index is -0.196. The molecule has 0 spiro atoms. The molecule has 0 aliphatic rings. The van der Waals surface area contributed by atoms with E-state index in [-0.39, 0.29) is 17.3 Å². The number of nitrogen functional groups attached to an aromatic ring is 1. The second kappa shape index (κ2) is 5.27. The van der Waals surface area contributed by atoms with Crippen molar-refractivity contribution in [3.05, 3.63) is 50.7 Å². The normalized spacial score (nSPS) is 11.0. The van der Waals surface area contributed by atoms with Crippen LogP contribution < -0.4 is 11.3 Å². The largest absolute Gasteiger partial charge is 0.394 e. The standard InChI is InChI=1S/C14H14Cl2N2O/c1-8(2)18-13(6-5-12(17)14(18)19)9-3-4-10(15)11(16)7-9/h3-8H,17H2,1-2H3. The fraction of sp³-hybridized carbons (Fsp3) is 0.214. The van der Waals surface area contributed by atoms with E-state index >= 15 is 0 Å². The number of nitrogens with zero attached hydrogens (tertiary/aromatic N) is 1. The van der Waals surface area contributed by atoms with Crippen LogP contribution >= 0.6 is 23.2 Å². The van der Waals surface area contributed by atoms with Gasteiger partial charge in [-0.3, -0.25) is 4.79 Å². The molecule has 5 heteroatoms. The zero-order valence-corrected chi connectivity index (χ0v) is 12.2. The highest BCUT2D eigenvalue weighted by molar-refractivity contribution is 6.42. The van der Waals surface area contributed by atoms with Crippen LogP contribution in [0.4, 0.5) is 5.69 Å². The van der Waals surface area contributed by atoms with E-state index in [9.17, 15) is 4.79 Å². The summed E-state index contributed by atoms with van der Waals surface area (Å²) in [6.45, 7) is 3.86. The van der Waals surface area contributed by atoms with E-state index in [2.05, 4.69) is 0 Å². The van der Waals surface area contributed by atoms with E-state index in [4.69, 9.17) is 28.9 Å². The summed E-state index contributed by atoms with van der Waals surface area (Å²) in [5.41, 5.74) is 7.32. The van der Waals surface area contributed by atoms with Crippen LogP contribution in [-0.2, 0) is 0 Å². The minimum Gasteiger partial charge on any atom is -0.394 e. The van der Waals surface area contributed by atoms with Crippen molar-refractivity contribution in [2.45, 2.75) is 19.9 Å². The van der Waals surface area contributed by atoms with Crippen molar-refractivity contribution in [1.82, 2.24) is 4.57 Å². The van der Waals surface area contributed by atoms with Gasteiger partial charge in [0.15, 0.2) is 0 Å². The van der Waals surface area contributed by atoms with Crippen LogP contribution in [0, 0.1) is 0 Å². The fourth-order valence-electron chi connectivity index (χ4n) is 1.97. The predicted molar refractivity (Wildman–Crippen MR) is 81.0 cm³/mol. The summed E-state index contributed by atoms with van der Waals surface area (Å²) in [4.78, 5) is 12.1. The van der Waals surface area contributed by atoms with Crippen molar-refractivity contribution >= 4 is 28.9 Å². The van der Waals surface area contributed by atoms with Gasteiger partial charge in [0.05, 0.1) is 21.4 Å². The van der Waals surface area contributed by atoms with Crippen LogP contribution in [0.5, 0.6) is 0 Å². The minimum absolute atomic E-state index is 0.000420. The maximum atomic E-state index is 12.1. The molecule has 2 N–H and O–H groups in total. The highest BCUT2D eigenvalue weighted by atomic mass is 35.5. The second-order valence-corrected chi connectivity index (χ2v) is 5.39. The maximum Gasteiger partial charge on any atom is 0.274 e. The molecule has 0 radical (unpaired) electrons. The van der Waals surface area contributed by atoms with Gasteiger partial charge in [-0.05, 0) is 43.7 Å². The number of hydrogen-bond acceptors (Lipinski definition) is 2. The number of halogens is 2. The number of rotatable bonds is 2. The molecule has 1 aromatic carbocycles. The summed E-state index contributed by atoms with van der Waals surface area (Å²) in [7, 11) is 0. The Labute approximate surface area is 121 Å². The highest BCUT2D eigenvalue weighted by Gasteiger charge is 2.12. The summed E-state index contributed by atoms with van der Waals surface area (Å²) in [5.74, 6) is 0. The monoisotopic (exact) mass is 296 g/mol. The molecular weight excluding hydrogens is 283 g/mol. The van der Waals surface area contributed by atoms with Crippen molar-refractivity contribution in [2.75, 3.05) is 5.73 Å². The lowest BCUT2D eigenvalue weighted by Crippen LogP contribution is -2.25. The smallest absolute Gasteiger partial charge is 0.274 e. The van der Waals surface area contributed by atoms with Gasteiger partial charge in [0.25, 0.3) is 5.56 Å². The molecule has 3 nitrogen and oxygen atoms in total. The lowest BCUT2D eigenvalue weighted by atomic mass is 10.1. The number of anilines is 1. The molecule has 0 atom stereocenters. The molecule has 1 heterocycles. The number of aromatic nitrogens is 1. The van der Waals surface area contributed by atoms with Gasteiger partial charge < -0.3 is 10.3 Å². The second-order valence-electron chi connectivity index (χ2n) is 4.57. The molecular formula is C14H14Cl2N2O. The number of hydrogen-bond donors (Lipinski definition) is 1. The molecule has 0 bridgehead atoms. The molecule has 0 fully saturated rings. The van der Waals surface area contributed by atoms with Gasteiger partial charge in [0, 0.05) is 6.04 Å². The van der Waals surface area contributed by atoms with E-state index in [1.165, 1.54) is 0 Å². The van der Waals surface area contributed by atoms with E-state index in [0.29, 0.717) is 10.0 Å². The average Bonchev–Trinajstić information content (AvgIpc) is 2.35. The Hall–Kier alpha value is -1.45. The third kappa shape index (κ3) is 2.62. The van der Waals surface area contributed by atoms with Crippen LogP contribution in [0.1, 0.15) is 19.9 Å². The Bertz CT molecular complexity index is 678. The number of pyridine rings is 1. The van der Waals surface area contributed by atoms with Crippen LogP contribution in [0.25, 0.3) is 11.3 Å². The Kier molecular flexibility index (Phi) is 3.88. The molecule has 0 saturated heterocycles. The van der Waals surface area contributed by atoms with Crippen molar-refractivity contribution < 1.29 is 0 Å². The van der Waals surface area contributed by atoms with Crippen molar-refractivity contribution in [3.8, 4) is 11.3 Å². The number of nitrogens with two attached hydrogens (primary N) is 1. The zero-order chi connectivity index (χ0) is 14.2. The van der Waals surface area contributed by atoms with Gasteiger partial charge in [-0.25, -0.2) is 0 Å². The van der Waals surface area contributed by atoms with Crippen LogP contribution in [0.15, 0.2) is 35.1 Å². The lowest BCUT2D eigenvalue weighted by molar-refractivity contribution is 0.586. The fourth-order valence-corrected chi connectivity index (χ4v) is 2.27. The van der Waals surface area contributed by atoms with Gasteiger partial charge in [-0.2, -0.15) is 0 Å². The van der Waals surface area contributed by atoms with Crippen LogP contribution in [0.3, 0.4) is 0 Å². The first-order valence-electron chi connectivity index (χ1n) is 5.88. The quantitative estimate of drug-likeness (QED) is 0.911. The number of benzene rings is 1. The Morgan fingerprint density at radius 3 is 2.37 bits per heavy atom. The first kappa shape index (κ1) is 14.0. The van der Waals surface area contributed by atoms with E-state index in [0.717, 1.165) is 11.3 Å². The van der Waals surface area contributed by atoms with Gasteiger partial charge >= 0.3 is 0 Å². The Balaban J connectivity index is 2.72. The molecule has 0 aliphatic heterocycles. The highest BCUT2D eigenvalue weighted by Crippen LogP contribution is 2.29. The molecule has 2 aromatic rings. The SMILES string of the molecule is CC(C)n1c(-c2ccc(Cl)c(Cl)c2)ccc(N)c1=O. The molecule has 0 unspecified atom stereocenters. The first-order valence-corrected chi connectivity index (χ1v) is 6.64. The van der Waals surface area contributed by atoms with Crippen molar-refractivity contribution in [1.29, 1.82) is 0 Å². The zero-order valence-electron chi connectivity index (χ0n) is 10.7. The van der Waals surface area contributed by atoms with E-state index in [1.54, 1.807) is 22.8 Å². The van der Waals surface area contributed by atoms with Crippen LogP contribution in [0.2, 0.25) is 10.0 Å². The average molecular weight is 297 g/mol. The molecule has 19 heavy (non-hydrogen) atoms. The Morgan fingerprint density at radius 2 is 1.79 bits per heavy atom. The summed E-state index contributed by atoms with van der Waals surface area (Å²) in [5, 5.41) is 0.943. The summed E-state index contributed by atoms with van der Waals surface area (Å²) in [6.07, 6.45) is 0. The van der Waals surface area contributed by atoms with Crippen molar-refractivity contribution in [3.63, 3.8) is 0 Å². The predicted octanol–water partition coefficient (Wildman–Crippen LogP) is 3.99.